The number of sulfonamides is 1. The van der Waals surface area contributed by atoms with E-state index in [1.54, 1.807) is 26.2 Å². The van der Waals surface area contributed by atoms with Crippen LogP contribution in [0.1, 0.15) is 109 Å². The predicted octanol–water partition coefficient (Wildman–Crippen LogP) is 4.93. The first-order valence-corrected chi connectivity index (χ1v) is 22.9. The standard InChI is InChI=1S/C43H56N6O9S/c1-42(22-23-42)59(54,55)48-40(52)43-21-20-28(43)14-8-4-3-5-9-16-33-39(51)49-26-30(25-35(49)37(50)47-43)57-38-32(44-31-19-18-29(56-2)24-34(31)45-38)15-10-6-7-12-27-13-11-17-36(27)58-41(53)46-33/h8,14,18-21,24,27-28,30,33,35-36H,3-7,9-13,15-17,22-23,25-26H2,1-2H3,(H,46,53)(H,47,50)(H,48,52). The van der Waals surface area contributed by atoms with Crippen LogP contribution < -0.4 is 24.8 Å². The fourth-order valence-electron chi connectivity index (χ4n) is 9.22. The van der Waals surface area contributed by atoms with Crippen LogP contribution >= 0.6 is 0 Å². The van der Waals surface area contributed by atoms with Gasteiger partial charge in [-0.05, 0) is 95.6 Å². The highest BCUT2D eigenvalue weighted by atomic mass is 32.2. The average molecular weight is 833 g/mol. The summed E-state index contributed by atoms with van der Waals surface area (Å²) in [4.78, 5) is 68.5. The molecule has 8 rings (SSSR count). The number of carbonyl (C=O) groups excluding carboxylic acids is 4. The smallest absolute Gasteiger partial charge is 0.408 e. The minimum atomic E-state index is -4.04. The number of amides is 4. The Hall–Kier alpha value is -4.73. The molecule has 1 aromatic heterocycles. The van der Waals surface area contributed by atoms with Gasteiger partial charge in [-0.2, -0.15) is 0 Å². The van der Waals surface area contributed by atoms with Gasteiger partial charge in [0.2, 0.25) is 27.7 Å². The maximum Gasteiger partial charge on any atom is 0.408 e. The maximum atomic E-state index is 14.8. The largest absolute Gasteiger partial charge is 0.497 e. The lowest BCUT2D eigenvalue weighted by molar-refractivity contribution is -0.142. The number of rotatable bonds is 4. The minimum absolute atomic E-state index is 0.0167. The van der Waals surface area contributed by atoms with Gasteiger partial charge in [0, 0.05) is 18.4 Å². The molecule has 15 nitrogen and oxygen atoms in total. The second kappa shape index (κ2) is 16.7. The molecular formula is C43H56N6O9S. The molecule has 3 aliphatic carbocycles. The van der Waals surface area contributed by atoms with Crippen LogP contribution in [0, 0.1) is 11.8 Å². The first-order valence-electron chi connectivity index (χ1n) is 21.4. The van der Waals surface area contributed by atoms with Gasteiger partial charge in [-0.25, -0.2) is 23.2 Å². The molecule has 2 saturated carbocycles. The van der Waals surface area contributed by atoms with Crippen molar-refractivity contribution in [2.75, 3.05) is 13.7 Å². The normalized spacial score (nSPS) is 31.3. The Balaban J connectivity index is 1.15. The number of alkyl carbamates (subject to hydrolysis) is 1. The van der Waals surface area contributed by atoms with Gasteiger partial charge >= 0.3 is 6.09 Å². The summed E-state index contributed by atoms with van der Waals surface area (Å²) < 4.78 is 46.0. The lowest BCUT2D eigenvalue weighted by atomic mass is 9.73. The summed E-state index contributed by atoms with van der Waals surface area (Å²) in [6, 6.07) is 3.34. The van der Waals surface area contributed by atoms with Gasteiger partial charge in [0.05, 0.1) is 29.4 Å². The predicted molar refractivity (Wildman–Crippen MR) is 218 cm³/mol. The first kappa shape index (κ1) is 41.0. The van der Waals surface area contributed by atoms with Crippen LogP contribution in [0.5, 0.6) is 11.6 Å². The Bertz CT molecular complexity index is 2140. The molecule has 2 aromatic rings. The molecule has 3 N–H and O–H groups in total. The van der Waals surface area contributed by atoms with Crippen molar-refractivity contribution in [3.8, 4) is 11.6 Å². The monoisotopic (exact) mass is 832 g/mol. The number of aromatic nitrogens is 2. The van der Waals surface area contributed by atoms with Gasteiger partial charge in [0.15, 0.2) is 0 Å². The van der Waals surface area contributed by atoms with E-state index >= 15 is 0 Å². The van der Waals surface area contributed by atoms with Crippen molar-refractivity contribution in [2.45, 2.75) is 144 Å². The third-order valence-corrected chi connectivity index (χ3v) is 15.5. The summed E-state index contributed by atoms with van der Waals surface area (Å²) in [6.07, 6.45) is 16.5. The maximum absolute atomic E-state index is 14.8. The van der Waals surface area contributed by atoms with Crippen molar-refractivity contribution in [1.29, 1.82) is 0 Å². The first-order chi connectivity index (χ1) is 28.4. The number of fused-ring (bicyclic) bond motifs is 6. The molecule has 3 fully saturated rings. The Morgan fingerprint density at radius 1 is 0.949 bits per heavy atom. The molecule has 0 spiro atoms. The second-order valence-electron chi connectivity index (χ2n) is 17.4. The fourth-order valence-corrected chi connectivity index (χ4v) is 10.5. The van der Waals surface area contributed by atoms with E-state index in [2.05, 4.69) is 15.4 Å². The number of ether oxygens (including phenoxy) is 3. The van der Waals surface area contributed by atoms with Gasteiger partial charge in [0.1, 0.15) is 41.3 Å². The molecule has 59 heavy (non-hydrogen) atoms. The number of allylic oxidation sites excluding steroid dienone is 1. The summed E-state index contributed by atoms with van der Waals surface area (Å²) in [5.41, 5.74) is 0.209. The molecule has 318 valence electrons. The van der Waals surface area contributed by atoms with E-state index in [4.69, 9.17) is 24.2 Å². The van der Waals surface area contributed by atoms with Crippen LogP contribution in [0.25, 0.3) is 11.0 Å². The fraction of sp³-hybridized carbons (Fsp3) is 0.628. The third kappa shape index (κ3) is 8.51. The number of carbonyl (C=O) groups is 4. The van der Waals surface area contributed by atoms with Gasteiger partial charge in [0.25, 0.3) is 5.91 Å². The number of hydrogen-bond donors (Lipinski definition) is 3. The van der Waals surface area contributed by atoms with Crippen molar-refractivity contribution >= 4 is 44.9 Å². The highest BCUT2D eigenvalue weighted by molar-refractivity contribution is 7.91. The van der Waals surface area contributed by atoms with Gasteiger partial charge in [-0.1, -0.05) is 50.0 Å². The van der Waals surface area contributed by atoms with Crippen LogP contribution in [-0.4, -0.2) is 95.3 Å². The van der Waals surface area contributed by atoms with Crippen molar-refractivity contribution < 1.29 is 41.8 Å². The highest BCUT2D eigenvalue weighted by Gasteiger charge is 2.56. The summed E-state index contributed by atoms with van der Waals surface area (Å²) in [7, 11) is -2.46. The molecular weight excluding hydrogens is 777 g/mol. The van der Waals surface area contributed by atoms with Crippen LogP contribution in [0.15, 0.2) is 42.5 Å². The van der Waals surface area contributed by atoms with Crippen LogP contribution in [-0.2, 0) is 35.6 Å². The topological polar surface area (TPSA) is 195 Å². The Kier molecular flexibility index (Phi) is 11.6. The minimum Gasteiger partial charge on any atom is -0.497 e. The Morgan fingerprint density at radius 3 is 2.53 bits per heavy atom. The van der Waals surface area contributed by atoms with E-state index in [1.165, 1.54) is 11.0 Å². The molecule has 4 heterocycles. The van der Waals surface area contributed by atoms with E-state index in [-0.39, 0.29) is 25.0 Å². The zero-order valence-corrected chi connectivity index (χ0v) is 34.8. The number of aryl methyl sites for hydroxylation is 1. The van der Waals surface area contributed by atoms with E-state index in [0.717, 1.165) is 57.8 Å². The quantitative estimate of drug-likeness (QED) is 0.354. The molecule has 1 aromatic carbocycles. The van der Waals surface area contributed by atoms with Crippen LogP contribution in [0.3, 0.4) is 0 Å². The zero-order chi connectivity index (χ0) is 41.4. The molecule has 4 amide bonds. The van der Waals surface area contributed by atoms with Crippen molar-refractivity contribution in [1.82, 2.24) is 30.2 Å². The molecule has 3 bridgehead atoms. The molecule has 6 aliphatic rings. The molecule has 7 atom stereocenters. The third-order valence-electron chi connectivity index (χ3n) is 13.3. The zero-order valence-electron chi connectivity index (χ0n) is 34.0. The van der Waals surface area contributed by atoms with Crippen molar-refractivity contribution in [3.63, 3.8) is 0 Å². The Morgan fingerprint density at radius 2 is 1.75 bits per heavy atom. The van der Waals surface area contributed by atoms with E-state index < -0.39 is 68.2 Å². The summed E-state index contributed by atoms with van der Waals surface area (Å²) in [5.74, 6) is -1.46. The van der Waals surface area contributed by atoms with Crippen LogP contribution in [0.4, 0.5) is 4.79 Å². The lowest BCUT2D eigenvalue weighted by Crippen LogP contribution is -2.67. The molecule has 16 heteroatoms. The van der Waals surface area contributed by atoms with Crippen molar-refractivity contribution in [3.05, 3.63) is 48.2 Å². The van der Waals surface area contributed by atoms with Crippen molar-refractivity contribution in [2.24, 2.45) is 11.8 Å². The highest BCUT2D eigenvalue weighted by Crippen LogP contribution is 2.43. The number of hydrogen-bond acceptors (Lipinski definition) is 11. The van der Waals surface area contributed by atoms with Gasteiger partial charge in [-0.3, -0.25) is 19.1 Å². The van der Waals surface area contributed by atoms with Gasteiger partial charge in [-0.15, -0.1) is 0 Å². The van der Waals surface area contributed by atoms with Gasteiger partial charge < -0.3 is 29.7 Å². The molecule has 3 aliphatic heterocycles. The van der Waals surface area contributed by atoms with E-state index in [0.29, 0.717) is 66.9 Å². The Labute approximate surface area is 345 Å². The summed E-state index contributed by atoms with van der Waals surface area (Å²) in [5, 5.41) is 5.80. The van der Waals surface area contributed by atoms with E-state index in [1.807, 2.05) is 24.3 Å². The van der Waals surface area contributed by atoms with E-state index in [9.17, 15) is 27.6 Å². The summed E-state index contributed by atoms with van der Waals surface area (Å²) >= 11 is 0. The molecule has 0 radical (unpaired) electrons. The number of benzene rings is 1. The van der Waals surface area contributed by atoms with Crippen LogP contribution in [0.2, 0.25) is 0 Å². The SMILES string of the molecule is COc1ccc2nc3c(nc2c1)OC1CC2C(=O)NC4(C(=O)NS(=O)(=O)C5(C)CC5)C=CC4C=CCCCCCC(NC(=O)OC4CCCC4CCCCC3)C(=O)N2C1. The number of nitrogens with one attached hydrogen (secondary N) is 3. The number of methoxy groups -OCH3 is 1. The summed E-state index contributed by atoms with van der Waals surface area (Å²) in [6.45, 7) is 1.57. The lowest BCUT2D eigenvalue weighted by Gasteiger charge is -2.42. The second-order valence-corrected chi connectivity index (χ2v) is 19.6. The molecule has 7 unspecified atom stereocenters. The molecule has 1 saturated heterocycles. The average Bonchev–Trinajstić information content (AvgIpc) is 3.61. The number of nitrogens with zero attached hydrogens (tertiary/aromatic N) is 3.